The highest BCUT2D eigenvalue weighted by molar-refractivity contribution is 6.30. The topological polar surface area (TPSA) is 67.5 Å². The van der Waals surface area contributed by atoms with Gasteiger partial charge in [0.15, 0.2) is 0 Å². The van der Waals surface area contributed by atoms with Crippen LogP contribution >= 0.6 is 11.6 Å². The van der Waals surface area contributed by atoms with E-state index in [0.29, 0.717) is 30.2 Å². The van der Waals surface area contributed by atoms with E-state index in [0.717, 1.165) is 16.9 Å². The molecule has 0 fully saturated rings. The largest absolute Gasteiger partial charge is 0.491 e. The Kier molecular flexibility index (Phi) is 5.91. The van der Waals surface area contributed by atoms with E-state index in [4.69, 9.17) is 21.4 Å². The second-order valence-electron chi connectivity index (χ2n) is 5.87. The number of aryl methyl sites for hydroxylation is 1. The third-order valence-corrected chi connectivity index (χ3v) is 4.19. The van der Waals surface area contributed by atoms with Crippen molar-refractivity contribution in [2.75, 3.05) is 13.2 Å². The molecule has 132 valence electrons. The molecule has 25 heavy (non-hydrogen) atoms. The van der Waals surface area contributed by atoms with E-state index in [1.165, 1.54) is 0 Å². The smallest absolute Gasteiger partial charge is 0.119 e. The second-order valence-corrected chi connectivity index (χ2v) is 6.31. The number of rotatable bonds is 8. The molecule has 1 atom stereocenters. The molecule has 1 aromatic heterocycles. The first kappa shape index (κ1) is 17.7. The third kappa shape index (κ3) is 4.51. The lowest BCUT2D eigenvalue weighted by Crippen LogP contribution is -2.24. The molecule has 0 aliphatic rings. The Labute approximate surface area is 151 Å². The molecule has 0 saturated heterocycles. The van der Waals surface area contributed by atoms with Crippen LogP contribution in [-0.4, -0.2) is 39.1 Å². The number of imidazole rings is 1. The Balaban J connectivity index is 1.70. The van der Waals surface area contributed by atoms with Crippen LogP contribution in [0.15, 0.2) is 48.5 Å². The van der Waals surface area contributed by atoms with Crippen LogP contribution in [0.1, 0.15) is 12.2 Å². The van der Waals surface area contributed by atoms with Crippen molar-refractivity contribution in [1.29, 1.82) is 0 Å². The molecule has 0 aliphatic carbocycles. The van der Waals surface area contributed by atoms with Gasteiger partial charge >= 0.3 is 0 Å². The molecule has 5 nitrogen and oxygen atoms in total. The van der Waals surface area contributed by atoms with Gasteiger partial charge in [0.2, 0.25) is 0 Å². The maximum Gasteiger partial charge on any atom is 0.119 e. The van der Waals surface area contributed by atoms with Gasteiger partial charge in [-0.15, -0.1) is 0 Å². The van der Waals surface area contributed by atoms with Crippen molar-refractivity contribution in [3.63, 3.8) is 0 Å². The third-order valence-electron chi connectivity index (χ3n) is 3.94. The molecule has 3 aromatic rings. The highest BCUT2D eigenvalue weighted by Crippen LogP contribution is 2.19. The lowest BCUT2D eigenvalue weighted by Gasteiger charge is -2.15. The Hall–Kier alpha value is -2.08. The molecular formula is C19H21ClN2O3. The molecule has 0 amide bonds. The van der Waals surface area contributed by atoms with Crippen LogP contribution < -0.4 is 4.74 Å². The molecule has 3 rings (SSSR count). The molecule has 0 bridgehead atoms. The summed E-state index contributed by atoms with van der Waals surface area (Å²) in [5, 5.41) is 20.1. The predicted molar refractivity (Wildman–Crippen MR) is 98.1 cm³/mol. The highest BCUT2D eigenvalue weighted by atomic mass is 35.5. The normalized spacial score (nSPS) is 12.4. The number of halogens is 1. The van der Waals surface area contributed by atoms with Gasteiger partial charge in [-0.2, -0.15) is 0 Å². The van der Waals surface area contributed by atoms with Crippen molar-refractivity contribution in [3.8, 4) is 5.75 Å². The van der Waals surface area contributed by atoms with Crippen molar-refractivity contribution in [3.05, 3.63) is 59.4 Å². The van der Waals surface area contributed by atoms with Crippen molar-refractivity contribution in [2.45, 2.75) is 25.5 Å². The molecule has 0 spiro atoms. The van der Waals surface area contributed by atoms with Crippen molar-refractivity contribution in [1.82, 2.24) is 9.55 Å². The number of hydrogen-bond acceptors (Lipinski definition) is 4. The minimum Gasteiger partial charge on any atom is -0.491 e. The predicted octanol–water partition coefficient (Wildman–Crippen LogP) is 3.05. The van der Waals surface area contributed by atoms with Crippen molar-refractivity contribution >= 4 is 22.6 Å². The fourth-order valence-corrected chi connectivity index (χ4v) is 2.87. The summed E-state index contributed by atoms with van der Waals surface area (Å²) in [6, 6.07) is 14.9. The summed E-state index contributed by atoms with van der Waals surface area (Å²) in [6.45, 7) is 0.674. The zero-order chi connectivity index (χ0) is 17.6. The number of aliphatic hydroxyl groups excluding tert-OH is 2. The van der Waals surface area contributed by atoms with Gasteiger partial charge in [-0.25, -0.2) is 4.98 Å². The minimum atomic E-state index is -0.679. The maximum atomic E-state index is 10.4. The summed E-state index contributed by atoms with van der Waals surface area (Å²) in [6.07, 6.45) is 0.623. The summed E-state index contributed by atoms with van der Waals surface area (Å²) in [5.41, 5.74) is 1.86. The second kappa shape index (κ2) is 8.34. The standard InChI is InChI=1S/C19H21ClN2O3/c20-14-7-9-16(10-8-14)25-13-15(24)12-22-18-5-2-1-4-17(18)21-19(22)6-3-11-23/h1-2,4-5,7-10,15,23-24H,3,6,11-13H2. The van der Waals surface area contributed by atoms with Crippen LogP contribution in [0.4, 0.5) is 0 Å². The van der Waals surface area contributed by atoms with Gasteiger partial charge in [-0.3, -0.25) is 0 Å². The lowest BCUT2D eigenvalue weighted by atomic mass is 10.2. The van der Waals surface area contributed by atoms with E-state index in [2.05, 4.69) is 4.98 Å². The molecule has 0 aliphatic heterocycles. The van der Waals surface area contributed by atoms with E-state index in [-0.39, 0.29) is 13.2 Å². The van der Waals surface area contributed by atoms with Gasteiger partial charge < -0.3 is 19.5 Å². The van der Waals surface area contributed by atoms with Gasteiger partial charge in [-0.05, 0) is 42.8 Å². The number of nitrogens with zero attached hydrogens (tertiary/aromatic N) is 2. The first-order chi connectivity index (χ1) is 12.2. The Morgan fingerprint density at radius 1 is 1.12 bits per heavy atom. The van der Waals surface area contributed by atoms with Gasteiger partial charge in [0, 0.05) is 18.1 Å². The van der Waals surface area contributed by atoms with Crippen LogP contribution in [0, 0.1) is 0 Å². The summed E-state index contributed by atoms with van der Waals surface area (Å²) < 4.78 is 7.62. The fourth-order valence-electron chi connectivity index (χ4n) is 2.74. The van der Waals surface area contributed by atoms with Gasteiger partial charge in [0.25, 0.3) is 0 Å². The molecule has 1 heterocycles. The summed E-state index contributed by atoms with van der Waals surface area (Å²) >= 11 is 5.85. The number of ether oxygens (including phenoxy) is 1. The number of hydrogen-bond donors (Lipinski definition) is 2. The van der Waals surface area contributed by atoms with E-state index >= 15 is 0 Å². The quantitative estimate of drug-likeness (QED) is 0.648. The maximum absolute atomic E-state index is 10.4. The average molecular weight is 361 g/mol. The summed E-state index contributed by atoms with van der Waals surface area (Å²) in [5.74, 6) is 1.53. The van der Waals surface area contributed by atoms with Crippen LogP contribution in [0.25, 0.3) is 11.0 Å². The first-order valence-corrected chi connectivity index (χ1v) is 8.66. The number of aromatic nitrogens is 2. The number of aliphatic hydroxyl groups is 2. The van der Waals surface area contributed by atoms with E-state index < -0.39 is 6.10 Å². The van der Waals surface area contributed by atoms with Gasteiger partial charge in [-0.1, -0.05) is 23.7 Å². The number of para-hydroxylation sites is 2. The number of benzene rings is 2. The summed E-state index contributed by atoms with van der Waals surface area (Å²) in [7, 11) is 0. The average Bonchev–Trinajstić information content (AvgIpc) is 2.97. The van der Waals surface area contributed by atoms with Crippen molar-refractivity contribution < 1.29 is 14.9 Å². The Morgan fingerprint density at radius 3 is 2.64 bits per heavy atom. The monoisotopic (exact) mass is 360 g/mol. The first-order valence-electron chi connectivity index (χ1n) is 8.29. The highest BCUT2D eigenvalue weighted by Gasteiger charge is 2.14. The molecule has 1 unspecified atom stereocenters. The van der Waals surface area contributed by atoms with E-state index in [1.54, 1.807) is 24.3 Å². The van der Waals surface area contributed by atoms with E-state index in [1.807, 2.05) is 28.8 Å². The van der Waals surface area contributed by atoms with Gasteiger partial charge in [0.1, 0.15) is 24.3 Å². The Morgan fingerprint density at radius 2 is 1.88 bits per heavy atom. The van der Waals surface area contributed by atoms with Crippen LogP contribution in [0.5, 0.6) is 5.75 Å². The van der Waals surface area contributed by atoms with Crippen LogP contribution in [0.3, 0.4) is 0 Å². The lowest BCUT2D eigenvalue weighted by molar-refractivity contribution is 0.0926. The zero-order valence-electron chi connectivity index (χ0n) is 13.8. The molecule has 6 heteroatoms. The molecular weight excluding hydrogens is 340 g/mol. The fraction of sp³-hybridized carbons (Fsp3) is 0.316. The molecule has 0 saturated carbocycles. The molecule has 2 N–H and O–H groups in total. The Bertz CT molecular complexity index is 817. The SMILES string of the molecule is OCCCc1nc2ccccc2n1CC(O)COc1ccc(Cl)cc1. The molecule has 2 aromatic carbocycles. The zero-order valence-corrected chi connectivity index (χ0v) is 14.6. The molecule has 0 radical (unpaired) electrons. The van der Waals surface area contributed by atoms with E-state index in [9.17, 15) is 5.11 Å². The van der Waals surface area contributed by atoms with Crippen molar-refractivity contribution in [2.24, 2.45) is 0 Å². The van der Waals surface area contributed by atoms with Gasteiger partial charge in [0.05, 0.1) is 17.6 Å². The minimum absolute atomic E-state index is 0.117. The summed E-state index contributed by atoms with van der Waals surface area (Å²) in [4.78, 5) is 4.62. The van der Waals surface area contributed by atoms with Crippen LogP contribution in [0.2, 0.25) is 5.02 Å². The van der Waals surface area contributed by atoms with Crippen LogP contribution in [-0.2, 0) is 13.0 Å². The number of fused-ring (bicyclic) bond motifs is 1.